The lowest BCUT2D eigenvalue weighted by atomic mass is 9.83. The third kappa shape index (κ3) is 6.46. The molecule has 3 rings (SSSR count). The van der Waals surface area contributed by atoms with E-state index in [4.69, 9.17) is 14.2 Å². The molecule has 1 N–H and O–H groups in total. The zero-order chi connectivity index (χ0) is 23.8. The molecule has 0 spiro atoms. The number of carbonyl (C=O) groups is 2. The van der Waals surface area contributed by atoms with Gasteiger partial charge in [-0.1, -0.05) is 44.4 Å². The number of benzene rings is 1. The lowest BCUT2D eigenvalue weighted by molar-refractivity contribution is -0.163. The summed E-state index contributed by atoms with van der Waals surface area (Å²) in [6, 6.07) is 11.0. The number of carbonyl (C=O) groups excluding carboxylic acids is 2. The molecule has 178 valence electrons. The van der Waals surface area contributed by atoms with Gasteiger partial charge in [0, 0.05) is 18.7 Å². The lowest BCUT2D eigenvalue weighted by Crippen LogP contribution is -2.41. The highest BCUT2D eigenvalue weighted by Crippen LogP contribution is 2.32. The van der Waals surface area contributed by atoms with Crippen molar-refractivity contribution in [2.75, 3.05) is 7.11 Å². The monoisotopic (exact) mass is 455 g/mol. The fourth-order valence-electron chi connectivity index (χ4n) is 4.33. The summed E-state index contributed by atoms with van der Waals surface area (Å²) in [5, 5.41) is 10.2. The highest BCUT2D eigenvalue weighted by molar-refractivity contribution is 5.99. The highest BCUT2D eigenvalue weighted by Gasteiger charge is 2.34. The molecule has 7 nitrogen and oxygen atoms in total. The Balaban J connectivity index is 1.68. The van der Waals surface area contributed by atoms with Gasteiger partial charge in [0.2, 0.25) is 0 Å². The fraction of sp³-hybridized carbons (Fsp3) is 0.500. The number of Topliss-reactive ketones (excluding diaryl/α,β-unsaturated/α-hetero) is 1. The van der Waals surface area contributed by atoms with Crippen LogP contribution in [-0.2, 0) is 9.53 Å². The molecular weight excluding hydrogens is 422 g/mol. The van der Waals surface area contributed by atoms with Crippen LogP contribution in [0, 0.1) is 11.8 Å². The van der Waals surface area contributed by atoms with Crippen molar-refractivity contribution in [3.05, 3.63) is 48.3 Å². The first-order valence-electron chi connectivity index (χ1n) is 11.6. The molecule has 0 saturated heterocycles. The van der Waals surface area contributed by atoms with E-state index in [1.54, 1.807) is 6.92 Å². The summed E-state index contributed by atoms with van der Waals surface area (Å²) in [6.45, 7) is 3.58. The number of ether oxygens (including phenoxy) is 3. The van der Waals surface area contributed by atoms with E-state index in [-0.39, 0.29) is 35.6 Å². The third-order valence-electron chi connectivity index (χ3n) is 6.16. The van der Waals surface area contributed by atoms with Crippen LogP contribution in [0.3, 0.4) is 0 Å². The van der Waals surface area contributed by atoms with E-state index in [1.807, 2.05) is 37.3 Å². The summed E-state index contributed by atoms with van der Waals surface area (Å²) < 4.78 is 17.1. The molecule has 1 aromatic heterocycles. The smallest absolute Gasteiger partial charge is 0.309 e. The second-order valence-electron chi connectivity index (χ2n) is 8.67. The molecule has 1 saturated carbocycles. The van der Waals surface area contributed by atoms with Crippen molar-refractivity contribution in [3.8, 4) is 17.2 Å². The van der Waals surface area contributed by atoms with Crippen LogP contribution in [0.1, 0.15) is 62.9 Å². The van der Waals surface area contributed by atoms with Gasteiger partial charge in [0.05, 0.1) is 13.0 Å². The quantitative estimate of drug-likeness (QED) is 0.399. The number of nitrogens with zero attached hydrogens (tertiary/aromatic N) is 1. The van der Waals surface area contributed by atoms with Gasteiger partial charge in [-0.15, -0.1) is 0 Å². The maximum atomic E-state index is 13.0. The number of hydrogen-bond donors (Lipinski definition) is 1. The van der Waals surface area contributed by atoms with Gasteiger partial charge in [-0.05, 0) is 37.8 Å². The Kier molecular flexibility index (Phi) is 8.69. The van der Waals surface area contributed by atoms with Crippen LogP contribution in [0.2, 0.25) is 0 Å². The molecule has 0 amide bonds. The predicted molar refractivity (Wildman–Crippen MR) is 124 cm³/mol. The average Bonchev–Trinajstić information content (AvgIpc) is 2.83. The van der Waals surface area contributed by atoms with E-state index < -0.39 is 23.8 Å². The zero-order valence-corrected chi connectivity index (χ0v) is 19.5. The van der Waals surface area contributed by atoms with Crippen molar-refractivity contribution in [1.82, 2.24) is 4.98 Å². The number of hydrogen-bond acceptors (Lipinski definition) is 7. The van der Waals surface area contributed by atoms with Gasteiger partial charge in [-0.25, -0.2) is 4.98 Å². The number of para-hydroxylation sites is 1. The number of aromatic nitrogens is 1. The van der Waals surface area contributed by atoms with E-state index in [1.165, 1.54) is 25.8 Å². The molecule has 1 heterocycles. The fourth-order valence-corrected chi connectivity index (χ4v) is 4.33. The Morgan fingerprint density at radius 3 is 2.45 bits per heavy atom. The second kappa shape index (κ2) is 11.7. The highest BCUT2D eigenvalue weighted by atomic mass is 16.6. The van der Waals surface area contributed by atoms with Gasteiger partial charge >= 0.3 is 5.97 Å². The Morgan fingerprint density at radius 2 is 1.79 bits per heavy atom. The molecule has 1 fully saturated rings. The number of ketones is 1. The zero-order valence-electron chi connectivity index (χ0n) is 19.5. The normalized spacial score (nSPS) is 16.9. The molecule has 1 aromatic carbocycles. The van der Waals surface area contributed by atoms with E-state index in [2.05, 4.69) is 4.98 Å². The van der Waals surface area contributed by atoms with Crippen molar-refractivity contribution >= 4 is 11.8 Å². The molecule has 1 aliphatic rings. The topological polar surface area (TPSA) is 95.0 Å². The largest absolute Gasteiger partial charge is 0.503 e. The SMILES string of the molecule is COc1ccnc(C(=O)C[C@@H](C)C(=O)O[C@@H](C2CCCCC2)[C@H](C)Oc2ccccc2)c1O. The van der Waals surface area contributed by atoms with Gasteiger partial charge in [0.15, 0.2) is 23.0 Å². The number of rotatable bonds is 10. The number of pyridine rings is 1. The summed E-state index contributed by atoms with van der Waals surface area (Å²) >= 11 is 0. The van der Waals surface area contributed by atoms with E-state index in [9.17, 15) is 14.7 Å². The van der Waals surface area contributed by atoms with E-state index in [0.717, 1.165) is 31.4 Å². The maximum Gasteiger partial charge on any atom is 0.309 e. The minimum atomic E-state index is -0.695. The van der Waals surface area contributed by atoms with Crippen LogP contribution >= 0.6 is 0 Å². The Labute approximate surface area is 195 Å². The molecule has 0 radical (unpaired) electrons. The van der Waals surface area contributed by atoms with Crippen molar-refractivity contribution in [2.24, 2.45) is 11.8 Å². The Morgan fingerprint density at radius 1 is 1.09 bits per heavy atom. The van der Waals surface area contributed by atoms with Gasteiger partial charge < -0.3 is 19.3 Å². The predicted octanol–water partition coefficient (Wildman–Crippen LogP) is 4.96. The molecule has 33 heavy (non-hydrogen) atoms. The van der Waals surface area contributed by atoms with Crippen LogP contribution in [0.5, 0.6) is 17.2 Å². The summed E-state index contributed by atoms with van der Waals surface area (Å²) in [6.07, 6.45) is 5.88. The van der Waals surface area contributed by atoms with Gasteiger partial charge in [0.1, 0.15) is 18.0 Å². The summed E-state index contributed by atoms with van der Waals surface area (Å²) in [5.41, 5.74) is -0.112. The van der Waals surface area contributed by atoms with Crippen molar-refractivity contribution in [2.45, 2.75) is 64.6 Å². The standard InChI is InChI=1S/C26H33NO6/c1-17(16-21(28)23-24(29)22(31-3)14-15-27-23)26(30)33-25(19-10-6-4-7-11-19)18(2)32-20-12-8-5-9-13-20/h5,8-9,12-15,17-19,25,29H,4,6-7,10-11,16H2,1-3H3/t17-,18+,25-/m1/s1. The summed E-state index contributed by atoms with van der Waals surface area (Å²) in [5.74, 6) is -0.815. The van der Waals surface area contributed by atoms with Gasteiger partial charge in [-0.3, -0.25) is 9.59 Å². The summed E-state index contributed by atoms with van der Waals surface area (Å²) in [4.78, 5) is 29.6. The molecule has 1 aliphatic carbocycles. The van der Waals surface area contributed by atoms with E-state index >= 15 is 0 Å². The first kappa shape index (κ1) is 24.6. The molecule has 0 unspecified atom stereocenters. The first-order chi connectivity index (χ1) is 15.9. The lowest BCUT2D eigenvalue weighted by Gasteiger charge is -2.34. The van der Waals surface area contributed by atoms with Crippen LogP contribution in [0.15, 0.2) is 42.6 Å². The van der Waals surface area contributed by atoms with Crippen LogP contribution < -0.4 is 9.47 Å². The number of methoxy groups -OCH3 is 1. The van der Waals surface area contributed by atoms with Crippen LogP contribution in [0.4, 0.5) is 0 Å². The molecular formula is C26H33NO6. The molecule has 3 atom stereocenters. The summed E-state index contributed by atoms with van der Waals surface area (Å²) in [7, 11) is 1.40. The van der Waals surface area contributed by atoms with Gasteiger partial charge in [0.25, 0.3) is 0 Å². The molecule has 0 bridgehead atoms. The van der Waals surface area contributed by atoms with E-state index in [0.29, 0.717) is 0 Å². The Bertz CT molecular complexity index is 926. The molecule has 0 aliphatic heterocycles. The van der Waals surface area contributed by atoms with Crippen molar-refractivity contribution in [3.63, 3.8) is 0 Å². The Hall–Kier alpha value is -3.09. The third-order valence-corrected chi connectivity index (χ3v) is 6.16. The second-order valence-corrected chi connectivity index (χ2v) is 8.67. The maximum absolute atomic E-state index is 13.0. The molecule has 2 aromatic rings. The van der Waals surface area contributed by atoms with Crippen LogP contribution in [-0.4, -0.2) is 41.2 Å². The van der Waals surface area contributed by atoms with Gasteiger partial charge in [-0.2, -0.15) is 0 Å². The van der Waals surface area contributed by atoms with Crippen molar-refractivity contribution < 1.29 is 28.9 Å². The minimum Gasteiger partial charge on any atom is -0.503 e. The first-order valence-corrected chi connectivity index (χ1v) is 11.6. The average molecular weight is 456 g/mol. The molecule has 7 heteroatoms. The van der Waals surface area contributed by atoms with Crippen LogP contribution in [0.25, 0.3) is 0 Å². The minimum absolute atomic E-state index is 0.112. The number of esters is 1. The number of aromatic hydroxyl groups is 1. The van der Waals surface area contributed by atoms with Crippen molar-refractivity contribution in [1.29, 1.82) is 0 Å².